The summed E-state index contributed by atoms with van der Waals surface area (Å²) in [5.74, 6) is 0.782. The van der Waals surface area contributed by atoms with Gasteiger partial charge in [0.15, 0.2) is 0 Å². The second kappa shape index (κ2) is 5.84. The molecule has 0 fully saturated rings. The predicted octanol–water partition coefficient (Wildman–Crippen LogP) is 4.38. The van der Waals surface area contributed by atoms with Crippen LogP contribution in [0.5, 0.6) is 5.75 Å². The summed E-state index contributed by atoms with van der Waals surface area (Å²) in [5.41, 5.74) is 2.37. The highest BCUT2D eigenvalue weighted by Gasteiger charge is 2.00. The Morgan fingerprint density at radius 1 is 0.941 bits per heavy atom. The van der Waals surface area contributed by atoms with E-state index in [1.54, 1.807) is 0 Å². The first-order valence-electron chi connectivity index (χ1n) is 5.21. The van der Waals surface area contributed by atoms with Crippen LogP contribution in [0, 0.1) is 0 Å². The normalized spacial score (nSPS) is 9.94. The molecule has 2 aromatic carbocycles. The number of hydrogen-bond acceptors (Lipinski definition) is 3. The average molecular weight is 260 g/mol. The molecule has 0 aromatic heterocycles. The lowest BCUT2D eigenvalue weighted by Gasteiger charge is -2.06. The number of thioether (sulfide) groups is 1. The minimum absolute atomic E-state index is 0.539. The van der Waals surface area contributed by atoms with E-state index < -0.39 is 0 Å². The van der Waals surface area contributed by atoms with E-state index in [-0.39, 0.29) is 0 Å². The Morgan fingerprint density at radius 3 is 2.12 bits per heavy atom. The molecule has 2 aromatic rings. The van der Waals surface area contributed by atoms with Gasteiger partial charge in [-0.05, 0) is 41.7 Å². The molecule has 17 heavy (non-hydrogen) atoms. The van der Waals surface area contributed by atoms with Gasteiger partial charge in [-0.3, -0.25) is 0 Å². The SMILES string of the molecule is CSC(=S)Oc1ccc(-c2ccccc2)cc1. The largest absolute Gasteiger partial charge is 0.440 e. The number of benzene rings is 2. The van der Waals surface area contributed by atoms with Gasteiger partial charge in [0.25, 0.3) is 0 Å². The van der Waals surface area contributed by atoms with Gasteiger partial charge in [0, 0.05) is 0 Å². The molecule has 0 saturated heterocycles. The van der Waals surface area contributed by atoms with Gasteiger partial charge in [0.2, 0.25) is 4.38 Å². The lowest BCUT2D eigenvalue weighted by Crippen LogP contribution is -1.98. The number of thiocarbonyl (C=S) groups is 1. The van der Waals surface area contributed by atoms with E-state index >= 15 is 0 Å². The Hall–Kier alpha value is -1.32. The number of rotatable bonds is 2. The van der Waals surface area contributed by atoms with E-state index in [2.05, 4.69) is 12.1 Å². The topological polar surface area (TPSA) is 9.23 Å². The van der Waals surface area contributed by atoms with Crippen molar-refractivity contribution < 1.29 is 4.74 Å². The molecule has 0 atom stereocenters. The van der Waals surface area contributed by atoms with Crippen molar-refractivity contribution in [3.8, 4) is 16.9 Å². The van der Waals surface area contributed by atoms with Gasteiger partial charge in [-0.25, -0.2) is 0 Å². The van der Waals surface area contributed by atoms with Crippen LogP contribution in [0.4, 0.5) is 0 Å². The molecule has 0 saturated carbocycles. The van der Waals surface area contributed by atoms with E-state index in [1.807, 2.05) is 48.7 Å². The van der Waals surface area contributed by atoms with Crippen molar-refractivity contribution in [3.05, 3.63) is 54.6 Å². The minimum Gasteiger partial charge on any atom is -0.440 e. The lowest BCUT2D eigenvalue weighted by atomic mass is 10.1. The molecular formula is C14H12OS2. The maximum atomic E-state index is 5.45. The zero-order chi connectivity index (χ0) is 12.1. The van der Waals surface area contributed by atoms with Crippen molar-refractivity contribution in [2.24, 2.45) is 0 Å². The summed E-state index contributed by atoms with van der Waals surface area (Å²) in [6, 6.07) is 18.2. The van der Waals surface area contributed by atoms with Crippen LogP contribution in [0.15, 0.2) is 54.6 Å². The molecule has 2 rings (SSSR count). The van der Waals surface area contributed by atoms with E-state index in [4.69, 9.17) is 17.0 Å². The highest BCUT2D eigenvalue weighted by Crippen LogP contribution is 2.22. The van der Waals surface area contributed by atoms with Crippen molar-refractivity contribution >= 4 is 28.4 Å². The first-order chi connectivity index (χ1) is 8.29. The lowest BCUT2D eigenvalue weighted by molar-refractivity contribution is 0.579. The third-order valence-electron chi connectivity index (χ3n) is 2.33. The molecule has 0 spiro atoms. The average Bonchev–Trinajstić information content (AvgIpc) is 2.40. The fraction of sp³-hybridized carbons (Fsp3) is 0.0714. The van der Waals surface area contributed by atoms with Gasteiger partial charge in [0.05, 0.1) is 0 Å². The smallest absolute Gasteiger partial charge is 0.225 e. The Balaban J connectivity index is 2.16. The molecule has 0 heterocycles. The van der Waals surface area contributed by atoms with Crippen LogP contribution >= 0.6 is 24.0 Å². The maximum Gasteiger partial charge on any atom is 0.225 e. The predicted molar refractivity (Wildman–Crippen MR) is 78.6 cm³/mol. The van der Waals surface area contributed by atoms with Gasteiger partial charge < -0.3 is 4.74 Å². The summed E-state index contributed by atoms with van der Waals surface area (Å²) >= 11 is 6.43. The molecular weight excluding hydrogens is 248 g/mol. The Morgan fingerprint density at radius 2 is 1.53 bits per heavy atom. The first-order valence-corrected chi connectivity index (χ1v) is 6.84. The zero-order valence-corrected chi connectivity index (χ0v) is 11.1. The van der Waals surface area contributed by atoms with E-state index in [0.29, 0.717) is 4.38 Å². The van der Waals surface area contributed by atoms with Crippen molar-refractivity contribution in [2.45, 2.75) is 0 Å². The van der Waals surface area contributed by atoms with Gasteiger partial charge in [-0.15, -0.1) is 0 Å². The van der Waals surface area contributed by atoms with Gasteiger partial charge in [-0.2, -0.15) is 0 Å². The highest BCUT2D eigenvalue weighted by molar-refractivity contribution is 8.22. The molecule has 1 nitrogen and oxygen atoms in total. The van der Waals surface area contributed by atoms with E-state index in [1.165, 1.54) is 22.9 Å². The molecule has 0 aliphatic carbocycles. The molecule has 0 aliphatic heterocycles. The Labute approximate surface area is 111 Å². The summed E-state index contributed by atoms with van der Waals surface area (Å²) < 4.78 is 5.99. The standard InChI is InChI=1S/C14H12OS2/c1-17-14(16)15-13-9-7-12(8-10-13)11-5-3-2-4-6-11/h2-10H,1H3. The van der Waals surface area contributed by atoms with Crippen LogP contribution in [0.25, 0.3) is 11.1 Å². The van der Waals surface area contributed by atoms with Gasteiger partial charge in [0.1, 0.15) is 5.75 Å². The number of ether oxygens (including phenoxy) is 1. The quantitative estimate of drug-likeness (QED) is 0.742. The summed E-state index contributed by atoms with van der Waals surface area (Å²) in [7, 11) is 0. The summed E-state index contributed by atoms with van der Waals surface area (Å²) in [6.07, 6.45) is 1.90. The van der Waals surface area contributed by atoms with Gasteiger partial charge >= 0.3 is 0 Å². The second-order valence-electron chi connectivity index (χ2n) is 3.45. The second-order valence-corrected chi connectivity index (χ2v) is 4.85. The molecule has 0 amide bonds. The first kappa shape index (κ1) is 12.1. The van der Waals surface area contributed by atoms with Crippen molar-refractivity contribution in [2.75, 3.05) is 6.26 Å². The van der Waals surface area contributed by atoms with Crippen LogP contribution in [0.2, 0.25) is 0 Å². The van der Waals surface area contributed by atoms with E-state index in [9.17, 15) is 0 Å². The highest BCUT2D eigenvalue weighted by atomic mass is 32.2. The van der Waals surface area contributed by atoms with E-state index in [0.717, 1.165) is 5.75 Å². The fourth-order valence-electron chi connectivity index (χ4n) is 1.48. The summed E-state index contributed by atoms with van der Waals surface area (Å²) in [5, 5.41) is 0. The molecule has 0 N–H and O–H groups in total. The van der Waals surface area contributed by atoms with Crippen LogP contribution < -0.4 is 4.74 Å². The Kier molecular flexibility index (Phi) is 4.18. The molecule has 0 unspecified atom stereocenters. The zero-order valence-electron chi connectivity index (χ0n) is 9.42. The monoisotopic (exact) mass is 260 g/mol. The van der Waals surface area contributed by atoms with Crippen molar-refractivity contribution in [3.63, 3.8) is 0 Å². The third kappa shape index (κ3) is 3.32. The van der Waals surface area contributed by atoms with Crippen LogP contribution in [-0.2, 0) is 0 Å². The maximum absolute atomic E-state index is 5.45. The van der Waals surface area contributed by atoms with Crippen LogP contribution in [0.3, 0.4) is 0 Å². The molecule has 86 valence electrons. The van der Waals surface area contributed by atoms with Crippen molar-refractivity contribution in [1.82, 2.24) is 0 Å². The van der Waals surface area contributed by atoms with Crippen molar-refractivity contribution in [1.29, 1.82) is 0 Å². The fourth-order valence-corrected chi connectivity index (χ4v) is 1.76. The van der Waals surface area contributed by atoms with Crippen LogP contribution in [0.1, 0.15) is 0 Å². The Bertz CT molecular complexity index is 491. The molecule has 0 bridgehead atoms. The summed E-state index contributed by atoms with van der Waals surface area (Å²) in [6.45, 7) is 0. The minimum atomic E-state index is 0.539. The molecule has 0 aliphatic rings. The number of hydrogen-bond donors (Lipinski definition) is 0. The summed E-state index contributed by atoms with van der Waals surface area (Å²) in [4.78, 5) is 0. The molecule has 3 heteroatoms. The molecule has 0 radical (unpaired) electrons. The van der Waals surface area contributed by atoms with Gasteiger partial charge in [-0.1, -0.05) is 54.2 Å². The van der Waals surface area contributed by atoms with Crippen LogP contribution in [-0.4, -0.2) is 10.6 Å². The third-order valence-corrected chi connectivity index (χ3v) is 3.33.